The lowest BCUT2D eigenvalue weighted by atomic mass is 10.1. The second-order valence-electron chi connectivity index (χ2n) is 6.86. The molecule has 1 unspecified atom stereocenters. The van der Waals surface area contributed by atoms with Gasteiger partial charge in [0.15, 0.2) is 0 Å². The minimum absolute atomic E-state index is 0.0578. The molecule has 1 fully saturated rings. The first-order valence-electron chi connectivity index (χ1n) is 8.90. The van der Waals surface area contributed by atoms with Crippen LogP contribution < -0.4 is 10.2 Å². The van der Waals surface area contributed by atoms with Crippen LogP contribution in [-0.4, -0.2) is 35.3 Å². The standard InChI is InChI=1S/C20H25ClN4O/c1-14-19(15(2)24(3)23-14)8-9-20(26)22-12-16-10-11-25(13-16)18-6-4-17(21)5-7-18/h4-9,16H,10-13H2,1-3H3,(H,22,26)/b9-8+. The van der Waals surface area contributed by atoms with Gasteiger partial charge in [0.05, 0.1) is 5.69 Å². The van der Waals surface area contributed by atoms with E-state index in [-0.39, 0.29) is 5.91 Å². The van der Waals surface area contributed by atoms with Gasteiger partial charge in [0.2, 0.25) is 5.91 Å². The van der Waals surface area contributed by atoms with E-state index in [2.05, 4.69) is 15.3 Å². The number of halogens is 1. The fourth-order valence-electron chi connectivity index (χ4n) is 3.38. The predicted molar refractivity (Wildman–Crippen MR) is 106 cm³/mol. The number of carbonyl (C=O) groups excluding carboxylic acids is 1. The molecule has 0 spiro atoms. The first-order chi connectivity index (χ1) is 12.4. The molecule has 26 heavy (non-hydrogen) atoms. The molecule has 6 heteroatoms. The lowest BCUT2D eigenvalue weighted by Gasteiger charge is -2.18. The van der Waals surface area contributed by atoms with Crippen LogP contribution in [0.5, 0.6) is 0 Å². The number of aromatic nitrogens is 2. The number of anilines is 1. The molecule has 1 saturated heterocycles. The van der Waals surface area contributed by atoms with Crippen molar-refractivity contribution in [3.8, 4) is 0 Å². The summed E-state index contributed by atoms with van der Waals surface area (Å²) in [6.45, 7) is 6.60. The lowest BCUT2D eigenvalue weighted by molar-refractivity contribution is -0.116. The number of nitrogens with zero attached hydrogens (tertiary/aromatic N) is 3. The molecule has 3 rings (SSSR count). The van der Waals surface area contributed by atoms with E-state index in [1.165, 1.54) is 5.69 Å². The van der Waals surface area contributed by atoms with Crippen molar-refractivity contribution in [1.29, 1.82) is 0 Å². The highest BCUT2D eigenvalue weighted by Gasteiger charge is 2.22. The topological polar surface area (TPSA) is 50.2 Å². The third-order valence-corrected chi connectivity index (χ3v) is 5.26. The van der Waals surface area contributed by atoms with Gasteiger partial charge in [-0.2, -0.15) is 5.10 Å². The average molecular weight is 373 g/mol. The fraction of sp³-hybridized carbons (Fsp3) is 0.400. The fourth-order valence-corrected chi connectivity index (χ4v) is 3.51. The molecule has 2 heterocycles. The van der Waals surface area contributed by atoms with Crippen molar-refractivity contribution in [2.75, 3.05) is 24.5 Å². The highest BCUT2D eigenvalue weighted by molar-refractivity contribution is 6.30. The number of rotatable bonds is 5. The second kappa shape index (κ2) is 7.96. The van der Waals surface area contributed by atoms with Crippen LogP contribution in [0.1, 0.15) is 23.4 Å². The minimum Gasteiger partial charge on any atom is -0.371 e. The van der Waals surface area contributed by atoms with Crippen LogP contribution in [0.2, 0.25) is 5.02 Å². The first-order valence-corrected chi connectivity index (χ1v) is 9.28. The smallest absolute Gasteiger partial charge is 0.244 e. The van der Waals surface area contributed by atoms with E-state index in [9.17, 15) is 4.79 Å². The summed E-state index contributed by atoms with van der Waals surface area (Å²) >= 11 is 5.95. The highest BCUT2D eigenvalue weighted by Crippen LogP contribution is 2.24. The van der Waals surface area contributed by atoms with Crippen molar-refractivity contribution in [2.45, 2.75) is 20.3 Å². The number of carbonyl (C=O) groups is 1. The molecular formula is C20H25ClN4O. The summed E-state index contributed by atoms with van der Waals surface area (Å²) in [6.07, 6.45) is 4.53. The molecule has 138 valence electrons. The van der Waals surface area contributed by atoms with Gasteiger partial charge in [-0.1, -0.05) is 11.6 Å². The Hall–Kier alpha value is -2.27. The molecule has 1 N–H and O–H groups in total. The largest absolute Gasteiger partial charge is 0.371 e. The van der Waals surface area contributed by atoms with Crippen molar-refractivity contribution in [1.82, 2.24) is 15.1 Å². The Labute approximate surface area is 159 Å². The summed E-state index contributed by atoms with van der Waals surface area (Å²) in [5, 5.41) is 8.13. The maximum Gasteiger partial charge on any atom is 0.244 e. The van der Waals surface area contributed by atoms with Crippen LogP contribution in [0.4, 0.5) is 5.69 Å². The lowest BCUT2D eigenvalue weighted by Crippen LogP contribution is -2.29. The van der Waals surface area contributed by atoms with Gasteiger partial charge in [-0.3, -0.25) is 9.48 Å². The normalized spacial score (nSPS) is 17.2. The number of amides is 1. The van der Waals surface area contributed by atoms with Crippen LogP contribution in [0.15, 0.2) is 30.3 Å². The quantitative estimate of drug-likeness (QED) is 0.819. The maximum absolute atomic E-state index is 12.1. The second-order valence-corrected chi connectivity index (χ2v) is 7.30. The summed E-state index contributed by atoms with van der Waals surface area (Å²) in [4.78, 5) is 14.5. The molecule has 1 aromatic carbocycles. The van der Waals surface area contributed by atoms with E-state index in [4.69, 9.17) is 11.6 Å². The van der Waals surface area contributed by atoms with Crippen molar-refractivity contribution in [3.63, 3.8) is 0 Å². The van der Waals surface area contributed by atoms with Crippen LogP contribution in [0, 0.1) is 19.8 Å². The summed E-state index contributed by atoms with van der Waals surface area (Å²) in [5.41, 5.74) is 4.19. The van der Waals surface area contributed by atoms with Gasteiger partial charge in [0.25, 0.3) is 0 Å². The Bertz CT molecular complexity index is 810. The Balaban J connectivity index is 1.49. The van der Waals surface area contributed by atoms with E-state index in [1.807, 2.05) is 55.9 Å². The van der Waals surface area contributed by atoms with Crippen LogP contribution in [-0.2, 0) is 11.8 Å². The Morgan fingerprint density at radius 1 is 1.35 bits per heavy atom. The summed E-state index contributed by atoms with van der Waals surface area (Å²) in [5.74, 6) is 0.405. The molecule has 1 aliphatic rings. The van der Waals surface area contributed by atoms with Crippen molar-refractivity contribution in [2.24, 2.45) is 13.0 Å². The first kappa shape index (κ1) is 18.5. The van der Waals surface area contributed by atoms with Gasteiger partial charge in [0, 0.05) is 54.7 Å². The Morgan fingerprint density at radius 2 is 2.08 bits per heavy atom. The summed E-state index contributed by atoms with van der Waals surface area (Å²) in [6, 6.07) is 7.92. The van der Waals surface area contributed by atoms with E-state index in [0.717, 1.165) is 41.5 Å². The number of benzene rings is 1. The number of hydrogen-bond acceptors (Lipinski definition) is 3. The molecule has 1 aromatic heterocycles. The van der Waals surface area contributed by atoms with Crippen LogP contribution in [0.3, 0.4) is 0 Å². The Kier molecular flexibility index (Phi) is 5.67. The third kappa shape index (κ3) is 4.28. The maximum atomic E-state index is 12.1. The van der Waals surface area contributed by atoms with Gasteiger partial charge in [-0.15, -0.1) is 0 Å². The van der Waals surface area contributed by atoms with Crippen LogP contribution in [0.25, 0.3) is 6.08 Å². The molecule has 1 aliphatic heterocycles. The number of aryl methyl sites for hydroxylation is 2. The average Bonchev–Trinajstić information content (AvgIpc) is 3.18. The molecule has 0 saturated carbocycles. The molecule has 1 atom stereocenters. The number of hydrogen-bond donors (Lipinski definition) is 1. The van der Waals surface area contributed by atoms with Gasteiger partial charge in [-0.05, 0) is 56.5 Å². The molecule has 2 aromatic rings. The zero-order valence-corrected chi connectivity index (χ0v) is 16.3. The zero-order chi connectivity index (χ0) is 18.7. The van der Waals surface area contributed by atoms with E-state index in [0.29, 0.717) is 12.5 Å². The Morgan fingerprint density at radius 3 is 2.73 bits per heavy atom. The molecule has 1 amide bonds. The summed E-state index contributed by atoms with van der Waals surface area (Å²) in [7, 11) is 1.91. The van der Waals surface area contributed by atoms with Crippen molar-refractivity contribution >= 4 is 29.3 Å². The molecule has 0 bridgehead atoms. The van der Waals surface area contributed by atoms with Gasteiger partial charge in [-0.25, -0.2) is 0 Å². The SMILES string of the molecule is Cc1nn(C)c(C)c1/C=C/C(=O)NCC1CCN(c2ccc(Cl)cc2)C1. The molecular weight excluding hydrogens is 348 g/mol. The van der Waals surface area contributed by atoms with Crippen molar-refractivity contribution < 1.29 is 4.79 Å². The van der Waals surface area contributed by atoms with Gasteiger partial charge >= 0.3 is 0 Å². The predicted octanol–water partition coefficient (Wildman–Crippen LogP) is 3.35. The summed E-state index contributed by atoms with van der Waals surface area (Å²) < 4.78 is 1.83. The highest BCUT2D eigenvalue weighted by atomic mass is 35.5. The zero-order valence-electron chi connectivity index (χ0n) is 15.5. The van der Waals surface area contributed by atoms with Crippen molar-refractivity contribution in [3.05, 3.63) is 52.3 Å². The monoisotopic (exact) mass is 372 g/mol. The molecule has 0 radical (unpaired) electrons. The van der Waals surface area contributed by atoms with Gasteiger partial charge in [0.1, 0.15) is 0 Å². The third-order valence-electron chi connectivity index (χ3n) is 5.01. The van der Waals surface area contributed by atoms with Crippen LogP contribution >= 0.6 is 11.6 Å². The van der Waals surface area contributed by atoms with E-state index >= 15 is 0 Å². The minimum atomic E-state index is -0.0578. The number of nitrogens with one attached hydrogen (secondary N) is 1. The molecule has 0 aliphatic carbocycles. The molecule has 5 nitrogen and oxygen atoms in total. The van der Waals surface area contributed by atoms with E-state index < -0.39 is 0 Å². The van der Waals surface area contributed by atoms with E-state index in [1.54, 1.807) is 6.08 Å². The van der Waals surface area contributed by atoms with Gasteiger partial charge < -0.3 is 10.2 Å².